The number of H-pyrrole nitrogens is 1. The summed E-state index contributed by atoms with van der Waals surface area (Å²) in [6, 6.07) is 5.62. The molecule has 7 nitrogen and oxygen atoms in total. The van der Waals surface area contributed by atoms with E-state index in [-0.39, 0.29) is 5.88 Å². The summed E-state index contributed by atoms with van der Waals surface area (Å²) in [6.45, 7) is 0.917. The topological polar surface area (TPSA) is 103 Å². The molecule has 1 unspecified atom stereocenters. The number of halogens is 3. The number of nitrogens with one attached hydrogen (secondary N) is 1. The van der Waals surface area contributed by atoms with Crippen LogP contribution in [0.2, 0.25) is 0 Å². The van der Waals surface area contributed by atoms with E-state index in [2.05, 4.69) is 25.1 Å². The number of hydrogen-bond acceptors (Lipinski definition) is 7. The Balaban J connectivity index is 1.72. The zero-order valence-corrected chi connectivity index (χ0v) is 15.2. The second kappa shape index (κ2) is 6.75. The van der Waals surface area contributed by atoms with E-state index in [0.717, 1.165) is 29.6 Å². The van der Waals surface area contributed by atoms with Crippen molar-refractivity contribution < 1.29 is 17.9 Å². The first-order valence-corrected chi connectivity index (χ1v) is 8.89. The Labute approximate surface area is 160 Å². The molecule has 0 fully saturated rings. The molecular formula is C17H13F3N6OS. The van der Waals surface area contributed by atoms with Gasteiger partial charge in [0.1, 0.15) is 5.01 Å². The molecule has 3 N–H and O–H groups in total. The Morgan fingerprint density at radius 1 is 1.21 bits per heavy atom. The Morgan fingerprint density at radius 2 is 2.04 bits per heavy atom. The highest BCUT2D eigenvalue weighted by Crippen LogP contribution is 2.33. The maximum Gasteiger partial charge on any atom is 0.425 e. The van der Waals surface area contributed by atoms with Crippen molar-refractivity contribution in [3.05, 3.63) is 36.8 Å². The summed E-state index contributed by atoms with van der Waals surface area (Å²) in [7, 11) is 0. The lowest BCUT2D eigenvalue weighted by atomic mass is 10.1. The number of anilines is 1. The molecule has 11 heteroatoms. The number of aromatic amines is 1. The molecule has 28 heavy (non-hydrogen) atoms. The van der Waals surface area contributed by atoms with Crippen LogP contribution >= 0.6 is 11.3 Å². The van der Waals surface area contributed by atoms with Crippen LogP contribution in [0.5, 0.6) is 5.88 Å². The third kappa shape index (κ3) is 3.48. The van der Waals surface area contributed by atoms with E-state index in [9.17, 15) is 13.2 Å². The number of rotatable bonds is 4. The molecule has 0 amide bonds. The van der Waals surface area contributed by atoms with Gasteiger partial charge in [-0.25, -0.2) is 4.98 Å². The number of ether oxygens (including phenoxy) is 1. The number of aromatic nitrogens is 5. The Kier molecular flexibility index (Phi) is 4.38. The molecule has 3 aromatic heterocycles. The first kappa shape index (κ1) is 18.2. The van der Waals surface area contributed by atoms with E-state index >= 15 is 0 Å². The van der Waals surface area contributed by atoms with Crippen LogP contribution in [0.15, 0.2) is 36.8 Å². The largest absolute Gasteiger partial charge is 0.464 e. The van der Waals surface area contributed by atoms with Crippen LogP contribution < -0.4 is 10.5 Å². The maximum absolute atomic E-state index is 12.7. The lowest BCUT2D eigenvalue weighted by Crippen LogP contribution is -2.31. The fourth-order valence-corrected chi connectivity index (χ4v) is 3.21. The van der Waals surface area contributed by atoms with E-state index < -0.39 is 12.3 Å². The highest BCUT2D eigenvalue weighted by molar-refractivity contribution is 7.18. The predicted octanol–water partition coefficient (Wildman–Crippen LogP) is 4.06. The summed E-state index contributed by atoms with van der Waals surface area (Å²) in [5.74, 6) is -0.204. The molecule has 144 valence electrons. The van der Waals surface area contributed by atoms with Gasteiger partial charge in [-0.05, 0) is 25.1 Å². The molecule has 0 aliphatic rings. The normalized spacial score (nSPS) is 13.0. The molecule has 3 heterocycles. The van der Waals surface area contributed by atoms with Crippen molar-refractivity contribution in [1.82, 2.24) is 25.1 Å². The highest BCUT2D eigenvalue weighted by atomic mass is 32.1. The van der Waals surface area contributed by atoms with E-state index in [0.29, 0.717) is 21.4 Å². The fraction of sp³-hybridized carbons (Fsp3) is 0.176. The molecule has 0 saturated heterocycles. The van der Waals surface area contributed by atoms with Crippen molar-refractivity contribution in [3.8, 4) is 27.7 Å². The van der Waals surface area contributed by atoms with Gasteiger partial charge in [-0.2, -0.15) is 13.2 Å². The van der Waals surface area contributed by atoms with Crippen molar-refractivity contribution in [1.29, 1.82) is 0 Å². The Morgan fingerprint density at radius 3 is 2.75 bits per heavy atom. The molecule has 4 rings (SSSR count). The molecule has 1 aromatic carbocycles. The summed E-state index contributed by atoms with van der Waals surface area (Å²) in [4.78, 5) is 11.2. The smallest absolute Gasteiger partial charge is 0.425 e. The summed E-state index contributed by atoms with van der Waals surface area (Å²) in [5.41, 5.74) is 8.34. The zero-order chi connectivity index (χ0) is 19.9. The first-order valence-electron chi connectivity index (χ1n) is 8.07. The minimum Gasteiger partial charge on any atom is -0.464 e. The third-order valence-corrected chi connectivity index (χ3v) is 4.82. The van der Waals surface area contributed by atoms with Crippen LogP contribution in [0.25, 0.3) is 32.7 Å². The van der Waals surface area contributed by atoms with Crippen molar-refractivity contribution >= 4 is 27.4 Å². The highest BCUT2D eigenvalue weighted by Gasteiger charge is 2.38. The van der Waals surface area contributed by atoms with E-state index in [1.54, 1.807) is 6.20 Å². The van der Waals surface area contributed by atoms with E-state index in [1.165, 1.54) is 17.5 Å². The molecule has 0 bridgehead atoms. The van der Waals surface area contributed by atoms with Crippen LogP contribution in [0.1, 0.15) is 6.92 Å². The Bertz CT molecular complexity index is 1140. The van der Waals surface area contributed by atoms with E-state index in [4.69, 9.17) is 10.5 Å². The van der Waals surface area contributed by atoms with Crippen molar-refractivity contribution in [3.63, 3.8) is 0 Å². The lowest BCUT2D eigenvalue weighted by molar-refractivity contribution is -0.190. The summed E-state index contributed by atoms with van der Waals surface area (Å²) >= 11 is 1.26. The minimum atomic E-state index is -4.49. The number of nitrogens with two attached hydrogens (primary N) is 1. The molecule has 4 aromatic rings. The van der Waals surface area contributed by atoms with Gasteiger partial charge in [0.15, 0.2) is 6.10 Å². The van der Waals surface area contributed by atoms with Crippen LogP contribution in [0.4, 0.5) is 18.3 Å². The van der Waals surface area contributed by atoms with Gasteiger partial charge in [-0.15, -0.1) is 10.2 Å². The maximum atomic E-state index is 12.7. The standard InChI is InChI=1S/C17H13F3N6OS/c1-8(17(18,19)20)27-14-7-22-6-13(24-14)11-5-23-12-3-2-9(4-10(11)12)15-25-26-16(21)28-15/h2-8,23H,1H3,(H2,21,26). The number of hydrogen-bond donors (Lipinski definition) is 2. The lowest BCUT2D eigenvalue weighted by Gasteiger charge is -2.16. The van der Waals surface area contributed by atoms with Gasteiger partial charge in [-0.3, -0.25) is 4.98 Å². The Hall–Kier alpha value is -3.21. The first-order chi connectivity index (χ1) is 13.3. The van der Waals surface area contributed by atoms with Crippen molar-refractivity contribution in [2.75, 3.05) is 5.73 Å². The second-order valence-electron chi connectivity index (χ2n) is 5.95. The van der Waals surface area contributed by atoms with Crippen LogP contribution in [0, 0.1) is 0 Å². The average Bonchev–Trinajstić information content (AvgIpc) is 3.26. The van der Waals surface area contributed by atoms with Gasteiger partial charge >= 0.3 is 6.18 Å². The minimum absolute atomic E-state index is 0.204. The van der Waals surface area contributed by atoms with Crippen molar-refractivity contribution in [2.24, 2.45) is 0 Å². The third-order valence-electron chi connectivity index (χ3n) is 4.02. The van der Waals surface area contributed by atoms with Crippen LogP contribution in [-0.2, 0) is 0 Å². The molecule has 0 saturated carbocycles. The molecule has 1 atom stereocenters. The van der Waals surface area contributed by atoms with Crippen molar-refractivity contribution in [2.45, 2.75) is 19.2 Å². The van der Waals surface area contributed by atoms with E-state index in [1.807, 2.05) is 18.2 Å². The number of nitrogens with zero attached hydrogens (tertiary/aromatic N) is 4. The van der Waals surface area contributed by atoms with Crippen LogP contribution in [0.3, 0.4) is 0 Å². The SMILES string of the molecule is CC(Oc1cncc(-c2c[nH]c3ccc(-c4nnc(N)s4)cc23)n1)C(F)(F)F. The molecule has 0 radical (unpaired) electrons. The molecular weight excluding hydrogens is 393 g/mol. The molecule has 0 spiro atoms. The summed E-state index contributed by atoms with van der Waals surface area (Å²) in [6.07, 6.45) is -2.16. The van der Waals surface area contributed by atoms with Gasteiger partial charge < -0.3 is 15.5 Å². The van der Waals surface area contributed by atoms with Gasteiger partial charge in [0, 0.05) is 28.2 Å². The van der Waals surface area contributed by atoms with Crippen LogP contribution in [-0.4, -0.2) is 37.4 Å². The monoisotopic (exact) mass is 406 g/mol. The van der Waals surface area contributed by atoms with Gasteiger partial charge in [0.25, 0.3) is 0 Å². The quantitative estimate of drug-likeness (QED) is 0.530. The van der Waals surface area contributed by atoms with Gasteiger partial charge in [0.2, 0.25) is 11.0 Å². The fourth-order valence-electron chi connectivity index (χ4n) is 2.60. The van der Waals surface area contributed by atoms with Gasteiger partial charge in [0.05, 0.1) is 18.1 Å². The van der Waals surface area contributed by atoms with Gasteiger partial charge in [-0.1, -0.05) is 11.3 Å². The number of fused-ring (bicyclic) bond motifs is 1. The molecule has 0 aliphatic carbocycles. The number of benzene rings is 1. The number of nitrogen functional groups attached to an aromatic ring is 1. The summed E-state index contributed by atoms with van der Waals surface area (Å²) < 4.78 is 43.1. The zero-order valence-electron chi connectivity index (χ0n) is 14.4. The summed E-state index contributed by atoms with van der Waals surface area (Å²) in [5, 5.41) is 9.66. The average molecular weight is 406 g/mol. The molecule has 0 aliphatic heterocycles. The second-order valence-corrected chi connectivity index (χ2v) is 6.96. The predicted molar refractivity (Wildman–Crippen MR) is 98.8 cm³/mol. The number of alkyl halides is 3.